The number of likely N-dealkylation sites (N-methyl/N-ethyl adjacent to an activating group) is 1. The highest BCUT2D eigenvalue weighted by atomic mass is 16.2. The van der Waals surface area contributed by atoms with E-state index in [-0.39, 0.29) is 23.7 Å². The molecule has 1 aromatic heterocycles. The molecule has 1 aromatic rings. The van der Waals surface area contributed by atoms with Crippen molar-refractivity contribution >= 4 is 17.6 Å². The standard InChI is InChI=1S/C22H33N5O2/c1-2-25-10-12-26(13-11-25)20-8-5-17(14-23-20)15-24-21(28)19-4-3-9-27(16-19)22(29)18-6-7-18/h5,8,14,18-19H,2-4,6-7,9-13,15-16H2,1H3,(H,24,28). The van der Waals surface area contributed by atoms with Crippen molar-refractivity contribution in [3.8, 4) is 0 Å². The molecule has 158 valence electrons. The van der Waals surface area contributed by atoms with E-state index < -0.39 is 0 Å². The molecule has 3 aliphatic rings. The van der Waals surface area contributed by atoms with Crippen LogP contribution in [0.1, 0.15) is 38.2 Å². The molecule has 0 bridgehead atoms. The number of aromatic nitrogens is 1. The maximum absolute atomic E-state index is 12.6. The summed E-state index contributed by atoms with van der Waals surface area (Å²) in [4.78, 5) is 36.2. The maximum atomic E-state index is 12.6. The molecule has 0 spiro atoms. The molecule has 1 atom stereocenters. The summed E-state index contributed by atoms with van der Waals surface area (Å²) in [5.41, 5.74) is 1.01. The van der Waals surface area contributed by atoms with E-state index in [0.29, 0.717) is 13.1 Å². The third kappa shape index (κ3) is 5.07. The Hall–Kier alpha value is -2.15. The Labute approximate surface area is 173 Å². The lowest BCUT2D eigenvalue weighted by molar-refractivity contribution is -0.136. The van der Waals surface area contributed by atoms with Gasteiger partial charge in [-0.05, 0) is 43.9 Å². The summed E-state index contributed by atoms with van der Waals surface area (Å²) < 4.78 is 0. The maximum Gasteiger partial charge on any atom is 0.225 e. The van der Waals surface area contributed by atoms with Crippen molar-refractivity contribution in [1.82, 2.24) is 20.1 Å². The molecule has 3 heterocycles. The number of piperidine rings is 1. The van der Waals surface area contributed by atoms with Crippen LogP contribution in [-0.2, 0) is 16.1 Å². The average molecular weight is 400 g/mol. The van der Waals surface area contributed by atoms with Crippen molar-refractivity contribution in [2.24, 2.45) is 11.8 Å². The van der Waals surface area contributed by atoms with Crippen LogP contribution in [0.2, 0.25) is 0 Å². The van der Waals surface area contributed by atoms with Gasteiger partial charge in [-0.3, -0.25) is 9.59 Å². The van der Waals surface area contributed by atoms with Gasteiger partial charge in [-0.2, -0.15) is 0 Å². The Bertz CT molecular complexity index is 710. The number of nitrogens with zero attached hydrogens (tertiary/aromatic N) is 4. The van der Waals surface area contributed by atoms with Crippen molar-refractivity contribution in [2.45, 2.75) is 39.2 Å². The molecule has 2 amide bonds. The van der Waals surface area contributed by atoms with Crippen LogP contribution < -0.4 is 10.2 Å². The zero-order valence-corrected chi connectivity index (χ0v) is 17.5. The summed E-state index contributed by atoms with van der Waals surface area (Å²) in [6.45, 7) is 9.35. The van der Waals surface area contributed by atoms with Gasteiger partial charge in [0.05, 0.1) is 5.92 Å². The lowest BCUT2D eigenvalue weighted by Gasteiger charge is -2.34. The van der Waals surface area contributed by atoms with E-state index in [1.807, 2.05) is 11.1 Å². The van der Waals surface area contributed by atoms with Gasteiger partial charge in [0.1, 0.15) is 5.82 Å². The van der Waals surface area contributed by atoms with Gasteiger partial charge < -0.3 is 20.0 Å². The van der Waals surface area contributed by atoms with Gasteiger partial charge in [-0.1, -0.05) is 13.0 Å². The van der Waals surface area contributed by atoms with Gasteiger partial charge in [0.2, 0.25) is 11.8 Å². The van der Waals surface area contributed by atoms with Crippen LogP contribution in [0, 0.1) is 11.8 Å². The number of rotatable bonds is 6. The molecule has 7 heteroatoms. The summed E-state index contributed by atoms with van der Waals surface area (Å²) in [5.74, 6) is 1.46. The number of hydrogen-bond acceptors (Lipinski definition) is 5. The van der Waals surface area contributed by atoms with Crippen LogP contribution in [0.3, 0.4) is 0 Å². The van der Waals surface area contributed by atoms with Crippen LogP contribution in [-0.4, -0.2) is 72.4 Å². The van der Waals surface area contributed by atoms with E-state index in [4.69, 9.17) is 0 Å². The highest BCUT2D eigenvalue weighted by Crippen LogP contribution is 2.32. The Morgan fingerprint density at radius 1 is 1.07 bits per heavy atom. The number of carbonyl (C=O) groups is 2. The van der Waals surface area contributed by atoms with Gasteiger partial charge in [0.15, 0.2) is 0 Å². The molecule has 1 N–H and O–H groups in total. The van der Waals surface area contributed by atoms with Crippen molar-refractivity contribution in [3.05, 3.63) is 23.9 Å². The minimum absolute atomic E-state index is 0.0538. The van der Waals surface area contributed by atoms with Gasteiger partial charge in [-0.25, -0.2) is 4.98 Å². The Kier molecular flexibility index (Phi) is 6.33. The molecular formula is C22H33N5O2. The topological polar surface area (TPSA) is 68.8 Å². The number of nitrogens with one attached hydrogen (secondary N) is 1. The second kappa shape index (κ2) is 9.11. The Morgan fingerprint density at radius 3 is 2.52 bits per heavy atom. The molecule has 1 saturated carbocycles. The summed E-state index contributed by atoms with van der Waals surface area (Å²) in [6.07, 6.45) is 5.68. The first-order chi connectivity index (χ1) is 14.1. The number of carbonyl (C=O) groups excluding carboxylic acids is 2. The van der Waals surface area contributed by atoms with Crippen LogP contribution in [0.5, 0.6) is 0 Å². The first-order valence-corrected chi connectivity index (χ1v) is 11.1. The predicted molar refractivity (Wildman–Crippen MR) is 112 cm³/mol. The highest BCUT2D eigenvalue weighted by molar-refractivity contribution is 5.83. The molecule has 4 rings (SSSR count). The van der Waals surface area contributed by atoms with Crippen molar-refractivity contribution in [2.75, 3.05) is 50.7 Å². The van der Waals surface area contributed by atoms with E-state index in [1.165, 1.54) is 0 Å². The molecule has 7 nitrogen and oxygen atoms in total. The zero-order valence-electron chi connectivity index (χ0n) is 17.5. The minimum Gasteiger partial charge on any atom is -0.354 e. The quantitative estimate of drug-likeness (QED) is 0.785. The van der Waals surface area contributed by atoms with Crippen molar-refractivity contribution in [3.63, 3.8) is 0 Å². The summed E-state index contributed by atoms with van der Waals surface area (Å²) >= 11 is 0. The number of piperazine rings is 1. The summed E-state index contributed by atoms with van der Waals surface area (Å²) in [7, 11) is 0. The fourth-order valence-corrected chi connectivity index (χ4v) is 4.31. The first kappa shape index (κ1) is 20.1. The fraction of sp³-hybridized carbons (Fsp3) is 0.682. The lowest BCUT2D eigenvalue weighted by Crippen LogP contribution is -2.46. The molecule has 2 aliphatic heterocycles. The summed E-state index contributed by atoms with van der Waals surface area (Å²) in [6, 6.07) is 4.11. The predicted octanol–water partition coefficient (Wildman–Crippen LogP) is 1.49. The Morgan fingerprint density at radius 2 is 1.86 bits per heavy atom. The average Bonchev–Trinajstić information content (AvgIpc) is 3.63. The number of amides is 2. The normalized spacial score (nSPS) is 23.1. The minimum atomic E-state index is -0.0893. The second-order valence-electron chi connectivity index (χ2n) is 8.56. The molecule has 29 heavy (non-hydrogen) atoms. The molecular weight excluding hydrogens is 366 g/mol. The van der Waals surface area contributed by atoms with Crippen molar-refractivity contribution in [1.29, 1.82) is 0 Å². The summed E-state index contributed by atoms with van der Waals surface area (Å²) in [5, 5.41) is 3.05. The van der Waals surface area contributed by atoms with Gasteiger partial charge in [0.25, 0.3) is 0 Å². The molecule has 1 unspecified atom stereocenters. The highest BCUT2D eigenvalue weighted by Gasteiger charge is 2.36. The molecule has 3 fully saturated rings. The smallest absolute Gasteiger partial charge is 0.225 e. The number of anilines is 1. The third-order valence-corrected chi connectivity index (χ3v) is 6.45. The number of pyridine rings is 1. The first-order valence-electron chi connectivity index (χ1n) is 11.1. The fourth-order valence-electron chi connectivity index (χ4n) is 4.31. The lowest BCUT2D eigenvalue weighted by atomic mass is 9.96. The van der Waals surface area contributed by atoms with E-state index in [2.05, 4.69) is 39.2 Å². The van der Waals surface area contributed by atoms with Crippen LogP contribution in [0.15, 0.2) is 18.3 Å². The number of likely N-dealkylation sites (tertiary alicyclic amines) is 1. The molecule has 2 saturated heterocycles. The van der Waals surface area contributed by atoms with Crippen LogP contribution in [0.4, 0.5) is 5.82 Å². The Balaban J connectivity index is 1.24. The van der Waals surface area contributed by atoms with Gasteiger partial charge in [-0.15, -0.1) is 0 Å². The van der Waals surface area contributed by atoms with Gasteiger partial charge >= 0.3 is 0 Å². The van der Waals surface area contributed by atoms with E-state index >= 15 is 0 Å². The zero-order chi connectivity index (χ0) is 20.2. The molecule has 0 radical (unpaired) electrons. The van der Waals surface area contributed by atoms with E-state index in [0.717, 1.165) is 76.3 Å². The van der Waals surface area contributed by atoms with Crippen LogP contribution >= 0.6 is 0 Å². The largest absolute Gasteiger partial charge is 0.354 e. The molecule has 0 aromatic carbocycles. The SMILES string of the molecule is CCN1CCN(c2ccc(CNC(=O)C3CCCN(C(=O)C4CC4)C3)cn2)CC1. The van der Waals surface area contributed by atoms with E-state index in [1.54, 1.807) is 0 Å². The van der Waals surface area contributed by atoms with E-state index in [9.17, 15) is 9.59 Å². The van der Waals surface area contributed by atoms with Crippen LogP contribution in [0.25, 0.3) is 0 Å². The van der Waals surface area contributed by atoms with Gasteiger partial charge in [0, 0.05) is 57.9 Å². The van der Waals surface area contributed by atoms with Crippen molar-refractivity contribution < 1.29 is 9.59 Å². The monoisotopic (exact) mass is 399 g/mol. The third-order valence-electron chi connectivity index (χ3n) is 6.45. The molecule has 1 aliphatic carbocycles. The number of hydrogen-bond donors (Lipinski definition) is 1. The second-order valence-corrected chi connectivity index (χ2v) is 8.56.